The highest BCUT2D eigenvalue weighted by Gasteiger charge is 2.28. The maximum absolute atomic E-state index is 13.3. The molecule has 1 N–H and O–H groups in total. The van der Waals surface area contributed by atoms with Crippen LogP contribution >= 0.6 is 11.8 Å². The highest BCUT2D eigenvalue weighted by molar-refractivity contribution is 8.00. The minimum atomic E-state index is -0.418. The van der Waals surface area contributed by atoms with E-state index in [-0.39, 0.29) is 30.0 Å². The van der Waals surface area contributed by atoms with Crippen LogP contribution in [0.15, 0.2) is 23.2 Å². The Morgan fingerprint density at radius 1 is 1.30 bits per heavy atom. The Morgan fingerprint density at radius 2 is 2.19 bits per heavy atom. The number of amides is 3. The number of thioether (sulfide) groups is 1. The van der Waals surface area contributed by atoms with Crippen molar-refractivity contribution in [3.63, 3.8) is 0 Å². The molecule has 0 bridgehead atoms. The van der Waals surface area contributed by atoms with Crippen LogP contribution in [0.1, 0.15) is 40.0 Å². The van der Waals surface area contributed by atoms with Gasteiger partial charge in [0.15, 0.2) is 6.29 Å². The first-order valence-corrected chi connectivity index (χ1v) is 13.0. The van der Waals surface area contributed by atoms with E-state index in [2.05, 4.69) is 21.4 Å². The topological polar surface area (TPSA) is 138 Å². The summed E-state index contributed by atoms with van der Waals surface area (Å²) in [6, 6.07) is 5.31. The van der Waals surface area contributed by atoms with Crippen LogP contribution < -0.4 is 10.2 Å². The molecule has 3 amide bonds. The summed E-state index contributed by atoms with van der Waals surface area (Å²) < 4.78 is 10.6. The molecule has 0 aromatic carbocycles. The van der Waals surface area contributed by atoms with Crippen LogP contribution in [0.3, 0.4) is 0 Å². The first kappa shape index (κ1) is 25.1. The highest BCUT2D eigenvalue weighted by atomic mass is 32.2. The van der Waals surface area contributed by atoms with Crippen LogP contribution in [0, 0.1) is 11.3 Å². The first-order chi connectivity index (χ1) is 18.1. The third-order valence-electron chi connectivity index (χ3n) is 6.48. The Bertz CT molecular complexity index is 1260. The maximum atomic E-state index is 13.3. The molecule has 1 atom stereocenters. The summed E-state index contributed by atoms with van der Waals surface area (Å²) in [5.74, 6) is 0.625. The highest BCUT2D eigenvalue weighted by Crippen LogP contribution is 2.33. The summed E-state index contributed by atoms with van der Waals surface area (Å²) in [5.41, 5.74) is 2.14. The quantitative estimate of drug-likeness (QED) is 0.567. The van der Waals surface area contributed by atoms with E-state index in [1.807, 2.05) is 6.07 Å². The lowest BCUT2D eigenvalue weighted by molar-refractivity contribution is -0.143. The minimum Gasteiger partial charge on any atom is -0.380 e. The van der Waals surface area contributed by atoms with E-state index >= 15 is 0 Å². The Morgan fingerprint density at radius 3 is 2.95 bits per heavy atom. The van der Waals surface area contributed by atoms with Crippen LogP contribution in [-0.2, 0) is 27.2 Å². The number of anilines is 2. The molecule has 5 rings (SSSR count). The van der Waals surface area contributed by atoms with Gasteiger partial charge in [0.05, 0.1) is 18.8 Å². The molecule has 0 saturated carbocycles. The normalized spacial score (nSPS) is 19.3. The summed E-state index contributed by atoms with van der Waals surface area (Å²) in [7, 11) is 0. The van der Waals surface area contributed by atoms with Crippen molar-refractivity contribution in [2.75, 3.05) is 49.7 Å². The van der Waals surface area contributed by atoms with Crippen molar-refractivity contribution in [1.82, 2.24) is 14.9 Å². The summed E-state index contributed by atoms with van der Waals surface area (Å²) in [5, 5.41) is 12.5. The molecular formula is C25H26N6O5S. The lowest BCUT2D eigenvalue weighted by atomic mass is 10.0. The second-order valence-corrected chi connectivity index (χ2v) is 10.3. The summed E-state index contributed by atoms with van der Waals surface area (Å²) in [6.07, 6.45) is 4.44. The Kier molecular flexibility index (Phi) is 7.64. The van der Waals surface area contributed by atoms with Gasteiger partial charge in [-0.15, -0.1) is 11.8 Å². The van der Waals surface area contributed by atoms with Gasteiger partial charge >= 0.3 is 6.03 Å². The molecule has 2 aromatic heterocycles. The molecule has 0 unspecified atom stereocenters. The van der Waals surface area contributed by atoms with Gasteiger partial charge in [-0.2, -0.15) is 5.26 Å². The predicted octanol–water partition coefficient (Wildman–Crippen LogP) is 2.39. The van der Waals surface area contributed by atoms with E-state index in [0.29, 0.717) is 68.4 Å². The van der Waals surface area contributed by atoms with Gasteiger partial charge in [-0.05, 0) is 37.0 Å². The molecule has 37 heavy (non-hydrogen) atoms. The lowest BCUT2D eigenvalue weighted by Crippen LogP contribution is -2.42. The average Bonchev–Trinajstić information content (AvgIpc) is 3.42. The molecule has 3 aliphatic rings. The van der Waals surface area contributed by atoms with Gasteiger partial charge in [-0.25, -0.2) is 14.8 Å². The van der Waals surface area contributed by atoms with Crippen molar-refractivity contribution in [1.29, 1.82) is 5.26 Å². The van der Waals surface area contributed by atoms with Crippen molar-refractivity contribution in [3.05, 3.63) is 40.7 Å². The molecular weight excluding hydrogens is 496 g/mol. The van der Waals surface area contributed by atoms with Gasteiger partial charge in [0.2, 0.25) is 5.91 Å². The number of hydrogen-bond donors (Lipinski definition) is 1. The molecule has 11 nitrogen and oxygen atoms in total. The molecule has 2 fully saturated rings. The van der Waals surface area contributed by atoms with Crippen LogP contribution in [0.5, 0.6) is 0 Å². The fraction of sp³-hybridized carbons (Fsp3) is 0.440. The van der Waals surface area contributed by atoms with E-state index < -0.39 is 6.03 Å². The molecule has 0 radical (unpaired) electrons. The SMILES string of the molecule is N#Cc1cnc(NC(=O)N2CCCc3cc(CN4CCOCC4=O)c(C=O)nc32)cc1S[C@H]1CCOC1. The van der Waals surface area contributed by atoms with Gasteiger partial charge in [0, 0.05) is 48.1 Å². The monoisotopic (exact) mass is 522 g/mol. The van der Waals surface area contributed by atoms with E-state index in [4.69, 9.17) is 9.47 Å². The molecule has 2 saturated heterocycles. The number of nitriles is 1. The Labute approximate surface area is 218 Å². The zero-order valence-electron chi connectivity index (χ0n) is 20.1. The van der Waals surface area contributed by atoms with Crippen molar-refractivity contribution >= 4 is 41.6 Å². The number of hydrogen-bond acceptors (Lipinski definition) is 9. The molecule has 0 spiro atoms. The number of aldehydes is 1. The van der Waals surface area contributed by atoms with E-state index in [9.17, 15) is 19.6 Å². The predicted molar refractivity (Wildman–Crippen MR) is 135 cm³/mol. The number of fused-ring (bicyclic) bond motifs is 1. The summed E-state index contributed by atoms with van der Waals surface area (Å²) >= 11 is 1.55. The number of aromatic nitrogens is 2. The number of rotatable bonds is 6. The fourth-order valence-corrected chi connectivity index (χ4v) is 5.70. The van der Waals surface area contributed by atoms with Gasteiger partial charge in [0.25, 0.3) is 0 Å². The van der Waals surface area contributed by atoms with Gasteiger partial charge < -0.3 is 14.4 Å². The molecule has 12 heteroatoms. The zero-order chi connectivity index (χ0) is 25.8. The van der Waals surface area contributed by atoms with Crippen molar-refractivity contribution in [3.8, 4) is 6.07 Å². The lowest BCUT2D eigenvalue weighted by Gasteiger charge is -2.30. The number of nitrogens with zero attached hydrogens (tertiary/aromatic N) is 5. The zero-order valence-corrected chi connectivity index (χ0v) is 21.0. The first-order valence-electron chi connectivity index (χ1n) is 12.1. The minimum absolute atomic E-state index is 0.0285. The molecule has 0 aliphatic carbocycles. The number of aryl methyl sites for hydroxylation is 1. The summed E-state index contributed by atoms with van der Waals surface area (Å²) in [6.45, 7) is 2.95. The van der Waals surface area contributed by atoms with E-state index in [1.165, 1.54) is 11.1 Å². The smallest absolute Gasteiger partial charge is 0.328 e. The third kappa shape index (κ3) is 5.58. The summed E-state index contributed by atoms with van der Waals surface area (Å²) in [4.78, 5) is 50.0. The Hall–Kier alpha value is -3.53. The number of urea groups is 1. The number of pyridine rings is 2. The number of nitrogens with one attached hydrogen (secondary N) is 1. The second kappa shape index (κ2) is 11.2. The van der Waals surface area contributed by atoms with Gasteiger partial charge in [0.1, 0.15) is 30.0 Å². The van der Waals surface area contributed by atoms with Crippen molar-refractivity contribution < 1.29 is 23.9 Å². The van der Waals surface area contributed by atoms with E-state index in [0.717, 1.165) is 23.3 Å². The molecule has 3 aliphatic heterocycles. The number of morpholine rings is 1. The molecule has 2 aromatic rings. The Balaban J connectivity index is 1.35. The largest absolute Gasteiger partial charge is 0.380 e. The van der Waals surface area contributed by atoms with Crippen LogP contribution in [-0.4, -0.2) is 77.9 Å². The standard InChI is InChI=1S/C25H26N6O5S/c26-10-18-11-27-22(9-21(18)37-19-3-6-35-14-19)29-25(34)31-4-1-2-16-8-17(20(13-32)28-24(16)31)12-30-5-7-36-15-23(30)33/h8-9,11,13,19H,1-7,12,14-15H2,(H,27,29,34)/t19-/m0/s1. The second-order valence-electron chi connectivity index (χ2n) is 8.97. The maximum Gasteiger partial charge on any atom is 0.328 e. The van der Waals surface area contributed by atoms with Gasteiger partial charge in [-0.1, -0.05) is 0 Å². The van der Waals surface area contributed by atoms with E-state index in [1.54, 1.807) is 22.7 Å². The average molecular weight is 523 g/mol. The number of carbonyl (C=O) groups excluding carboxylic acids is 3. The van der Waals surface area contributed by atoms with Crippen LogP contribution in [0.2, 0.25) is 0 Å². The number of ether oxygens (including phenoxy) is 2. The van der Waals surface area contributed by atoms with Crippen LogP contribution in [0.4, 0.5) is 16.4 Å². The van der Waals surface area contributed by atoms with Crippen molar-refractivity contribution in [2.24, 2.45) is 0 Å². The van der Waals surface area contributed by atoms with Crippen LogP contribution in [0.25, 0.3) is 0 Å². The fourth-order valence-electron chi connectivity index (χ4n) is 4.56. The number of carbonyl (C=O) groups is 3. The molecule has 5 heterocycles. The third-order valence-corrected chi connectivity index (χ3v) is 7.78. The van der Waals surface area contributed by atoms with Crippen molar-refractivity contribution in [2.45, 2.75) is 36.0 Å². The molecule has 192 valence electrons. The van der Waals surface area contributed by atoms with Gasteiger partial charge in [-0.3, -0.25) is 19.8 Å².